The number of aromatic nitrogens is 1. The van der Waals surface area contributed by atoms with Crippen LogP contribution in [0.15, 0.2) is 60.8 Å². The molecule has 13 heteroatoms. The van der Waals surface area contributed by atoms with E-state index in [9.17, 15) is 28.7 Å². The molecule has 54 heavy (non-hydrogen) atoms. The number of nitrogens with one attached hydrogen (secondary N) is 2. The maximum Gasteiger partial charge on any atom is 0.249 e. The first kappa shape index (κ1) is 42.1. The fraction of sp³-hybridized carbons (Fsp3) is 0.512. The molecule has 5 N–H and O–H groups in total. The summed E-state index contributed by atoms with van der Waals surface area (Å²) in [6.07, 6.45) is 5.33. The van der Waals surface area contributed by atoms with Crippen LogP contribution in [0.5, 0.6) is 0 Å². The van der Waals surface area contributed by atoms with Crippen LogP contribution in [0.1, 0.15) is 90.4 Å². The second kappa shape index (κ2) is 18.6. The highest BCUT2D eigenvalue weighted by molar-refractivity contribution is 6.01. The van der Waals surface area contributed by atoms with Crippen LogP contribution in [0, 0.1) is 17.0 Å². The number of aliphatic hydroxyl groups excluding tert-OH is 1. The smallest absolute Gasteiger partial charge is 0.249 e. The summed E-state index contributed by atoms with van der Waals surface area (Å²) in [5.74, 6) is -2.14. The summed E-state index contributed by atoms with van der Waals surface area (Å²) < 4.78 is 31.2. The molecular formula is C41H56F2N6O5. The summed E-state index contributed by atoms with van der Waals surface area (Å²) in [6, 6.07) is 12.9. The van der Waals surface area contributed by atoms with Crippen molar-refractivity contribution in [1.82, 2.24) is 25.0 Å². The Balaban J connectivity index is 1.37. The van der Waals surface area contributed by atoms with Gasteiger partial charge in [0, 0.05) is 62.2 Å². The second-order valence-corrected chi connectivity index (χ2v) is 15.3. The van der Waals surface area contributed by atoms with Crippen molar-refractivity contribution in [3.05, 3.63) is 83.7 Å². The molecule has 1 aliphatic heterocycles. The molecular weight excluding hydrogens is 694 g/mol. The molecule has 2 aromatic carbocycles. The van der Waals surface area contributed by atoms with Crippen molar-refractivity contribution >= 4 is 23.6 Å². The number of aliphatic hydroxyl groups is 1. The summed E-state index contributed by atoms with van der Waals surface area (Å²) >= 11 is 0. The van der Waals surface area contributed by atoms with Crippen LogP contribution in [-0.4, -0.2) is 87.5 Å². The van der Waals surface area contributed by atoms with Crippen molar-refractivity contribution in [1.29, 1.82) is 0 Å². The number of carbonyl (C=O) groups is 4. The first-order chi connectivity index (χ1) is 25.6. The van der Waals surface area contributed by atoms with Crippen molar-refractivity contribution in [3.63, 3.8) is 0 Å². The monoisotopic (exact) mass is 750 g/mol. The number of benzene rings is 2. The first-order valence-electron chi connectivity index (χ1n) is 18.8. The number of unbranched alkanes of at least 4 members (excludes halogenated alkanes) is 2. The molecule has 0 bridgehead atoms. The molecule has 11 nitrogen and oxygen atoms in total. The van der Waals surface area contributed by atoms with Gasteiger partial charge in [0.1, 0.15) is 23.8 Å². The number of halogens is 2. The largest absolute Gasteiger partial charge is 0.387 e. The average Bonchev–Trinajstić information content (AvgIpc) is 3.42. The fourth-order valence-corrected chi connectivity index (χ4v) is 6.94. The predicted molar refractivity (Wildman–Crippen MR) is 204 cm³/mol. The summed E-state index contributed by atoms with van der Waals surface area (Å²) in [6.45, 7) is 10.5. The molecule has 0 saturated carbocycles. The minimum Gasteiger partial charge on any atom is -0.387 e. The zero-order valence-corrected chi connectivity index (χ0v) is 32.2. The van der Waals surface area contributed by atoms with Gasteiger partial charge in [-0.15, -0.1) is 0 Å². The van der Waals surface area contributed by atoms with E-state index in [2.05, 4.69) is 10.6 Å². The van der Waals surface area contributed by atoms with Crippen molar-refractivity contribution < 1.29 is 33.1 Å². The van der Waals surface area contributed by atoms with Crippen LogP contribution in [0.25, 0.3) is 11.1 Å². The van der Waals surface area contributed by atoms with Crippen molar-refractivity contribution in [2.24, 2.45) is 11.1 Å². The lowest BCUT2D eigenvalue weighted by Gasteiger charge is -2.41. The van der Waals surface area contributed by atoms with Gasteiger partial charge in [-0.05, 0) is 67.9 Å². The van der Waals surface area contributed by atoms with Crippen LogP contribution >= 0.6 is 0 Å². The first-order valence-corrected chi connectivity index (χ1v) is 18.8. The highest BCUT2D eigenvalue weighted by Crippen LogP contribution is 2.41. The zero-order chi connectivity index (χ0) is 39.6. The molecule has 3 aromatic rings. The van der Waals surface area contributed by atoms with E-state index in [1.807, 2.05) is 74.4 Å². The van der Waals surface area contributed by atoms with Gasteiger partial charge in [0.2, 0.25) is 23.6 Å². The van der Waals surface area contributed by atoms with Crippen molar-refractivity contribution in [2.45, 2.75) is 97.3 Å². The Morgan fingerprint density at radius 1 is 1.00 bits per heavy atom. The van der Waals surface area contributed by atoms with Crippen LogP contribution < -0.4 is 16.4 Å². The summed E-state index contributed by atoms with van der Waals surface area (Å²) in [5, 5.41) is 15.6. The van der Waals surface area contributed by atoms with Gasteiger partial charge in [-0.3, -0.25) is 19.2 Å². The van der Waals surface area contributed by atoms with Crippen LogP contribution in [0.2, 0.25) is 0 Å². The van der Waals surface area contributed by atoms with E-state index in [4.69, 9.17) is 5.73 Å². The second-order valence-electron chi connectivity index (χ2n) is 15.3. The van der Waals surface area contributed by atoms with Crippen molar-refractivity contribution in [2.75, 3.05) is 32.8 Å². The maximum atomic E-state index is 15.0. The third-order valence-corrected chi connectivity index (χ3v) is 10.2. The van der Waals surface area contributed by atoms with Gasteiger partial charge in [-0.25, -0.2) is 8.78 Å². The van der Waals surface area contributed by atoms with Gasteiger partial charge in [0.25, 0.3) is 0 Å². The van der Waals surface area contributed by atoms with Gasteiger partial charge < -0.3 is 35.8 Å². The Kier molecular flexibility index (Phi) is 14.5. The number of amides is 4. The van der Waals surface area contributed by atoms with E-state index >= 15 is 4.39 Å². The minimum absolute atomic E-state index is 0.0242. The minimum atomic E-state index is -0.993. The van der Waals surface area contributed by atoms with Crippen LogP contribution in [-0.2, 0) is 25.7 Å². The molecule has 1 unspecified atom stereocenters. The normalized spacial score (nSPS) is 16.5. The van der Waals surface area contributed by atoms with E-state index in [-0.39, 0.29) is 49.0 Å². The quantitative estimate of drug-likeness (QED) is 0.0953. The summed E-state index contributed by atoms with van der Waals surface area (Å²) in [4.78, 5) is 54.0. The molecule has 1 fully saturated rings. The topological polar surface area (TPSA) is 150 Å². The standard InChI is InChI=1S/C41H56F2N6O5/c1-6-41(5)39(54)49(41)21-12-8-11-15-35(51)45-19-20-46-38(53)33(44)18-22-48(36(52)27-50)37(40(2,3)4)34-23-29(31-24-30(42)16-17-32(31)43)26-47(34)25-28-13-9-7-10-14-28/h7,9-10,13-14,16-17,23-24,26,33,37,50H,6,8,11-12,15,18-22,25,27,44H2,1-5H3,(H,45,51)(H,46,53)/t33-,37-,41?,49?/m0/s1. The average molecular weight is 751 g/mol. The molecule has 0 aliphatic carbocycles. The zero-order valence-electron chi connectivity index (χ0n) is 32.2. The molecule has 0 spiro atoms. The molecule has 3 atom stereocenters. The number of hydrogen-bond acceptors (Lipinski definition) is 6. The molecule has 2 heterocycles. The lowest BCUT2D eigenvalue weighted by atomic mass is 9.82. The van der Waals surface area contributed by atoms with E-state index in [1.165, 1.54) is 4.90 Å². The lowest BCUT2D eigenvalue weighted by molar-refractivity contribution is -0.140. The Bertz CT molecular complexity index is 1760. The fourth-order valence-electron chi connectivity index (χ4n) is 6.94. The summed E-state index contributed by atoms with van der Waals surface area (Å²) in [5.41, 5.74) is 7.44. The van der Waals surface area contributed by atoms with Gasteiger partial charge in [0.05, 0.1) is 12.1 Å². The number of nitrogens with zero attached hydrogens (tertiary/aromatic N) is 3. The SMILES string of the molecule is CCC1(C)C(=O)N1CCCCCC(=O)NCCNC(=O)[C@@H](N)CCN(C(=O)CO)[C@@H](c1cc(-c2cc(F)ccc2F)cn1Cc1ccccc1)C(C)(C)C. The molecule has 294 valence electrons. The van der Waals surface area contributed by atoms with Crippen molar-refractivity contribution in [3.8, 4) is 11.1 Å². The summed E-state index contributed by atoms with van der Waals surface area (Å²) in [7, 11) is 0. The van der Waals surface area contributed by atoms with Gasteiger partial charge in [0.15, 0.2) is 0 Å². The van der Waals surface area contributed by atoms with E-state index in [1.54, 1.807) is 12.3 Å². The maximum absolute atomic E-state index is 15.0. The molecule has 1 saturated heterocycles. The number of carbonyl (C=O) groups excluding carboxylic acids is 4. The molecule has 1 aromatic heterocycles. The number of nitrogens with two attached hydrogens (primary N) is 1. The predicted octanol–water partition coefficient (Wildman–Crippen LogP) is 4.91. The van der Waals surface area contributed by atoms with Crippen LogP contribution in [0.3, 0.4) is 0 Å². The third kappa shape index (κ3) is 10.7. The highest BCUT2D eigenvalue weighted by Gasteiger charge is 2.56. The Morgan fingerprint density at radius 2 is 1.70 bits per heavy atom. The van der Waals surface area contributed by atoms with Crippen LogP contribution in [0.4, 0.5) is 8.78 Å². The molecule has 4 amide bonds. The molecule has 0 radical (unpaired) electrons. The molecule has 1 aliphatic rings. The van der Waals surface area contributed by atoms with E-state index in [0.717, 1.165) is 43.0 Å². The van der Waals surface area contributed by atoms with Gasteiger partial charge in [-0.1, -0.05) is 64.4 Å². The molecule has 4 rings (SSSR count). The highest BCUT2D eigenvalue weighted by atomic mass is 19.1. The number of hydrogen-bond donors (Lipinski definition) is 4. The Morgan fingerprint density at radius 3 is 2.35 bits per heavy atom. The van der Waals surface area contributed by atoms with Gasteiger partial charge in [-0.2, -0.15) is 0 Å². The Hall–Kier alpha value is -4.62. The van der Waals surface area contributed by atoms with Gasteiger partial charge >= 0.3 is 0 Å². The Labute approximate surface area is 317 Å². The lowest BCUT2D eigenvalue weighted by Crippen LogP contribution is -2.48. The third-order valence-electron chi connectivity index (χ3n) is 10.2. The van der Waals surface area contributed by atoms with E-state index < -0.39 is 47.6 Å². The van der Waals surface area contributed by atoms with E-state index in [0.29, 0.717) is 37.2 Å². The number of rotatable bonds is 20.